The van der Waals surface area contributed by atoms with Gasteiger partial charge in [-0.05, 0) is 56.6 Å². The van der Waals surface area contributed by atoms with Crippen LogP contribution in [0.5, 0.6) is 0 Å². The van der Waals surface area contributed by atoms with E-state index in [0.29, 0.717) is 20.4 Å². The minimum Gasteiger partial charge on any atom is -0.435 e. The molecule has 4 heterocycles. The van der Waals surface area contributed by atoms with E-state index in [0.717, 1.165) is 43.2 Å². The maximum Gasteiger partial charge on any atom is 0.511 e. The van der Waals surface area contributed by atoms with E-state index in [2.05, 4.69) is 30.2 Å². The Bertz CT molecular complexity index is 1640. The minimum atomic E-state index is -0.941. The highest BCUT2D eigenvalue weighted by Crippen LogP contribution is 2.47. The van der Waals surface area contributed by atoms with Gasteiger partial charge in [-0.25, -0.2) is 29.1 Å². The molecule has 4 aromatic rings. The molecule has 2 atom stereocenters. The summed E-state index contributed by atoms with van der Waals surface area (Å²) >= 11 is 7.29. The van der Waals surface area contributed by atoms with Gasteiger partial charge in [-0.3, -0.25) is 4.79 Å². The first-order valence-electron chi connectivity index (χ1n) is 13.4. The average Bonchev–Trinajstić information content (AvgIpc) is 3.60. The summed E-state index contributed by atoms with van der Waals surface area (Å²) in [6.45, 7) is 1.16. The number of carbonyl (C=O) groups excluding carboxylic acids is 2. The Labute approximate surface area is 247 Å². The number of H-pyrrole nitrogens is 1. The number of fused-ring (bicyclic) bond motifs is 4. The molecule has 7 rings (SSSR count). The molecule has 42 heavy (non-hydrogen) atoms. The number of carbonyl (C=O) groups is 2. The minimum absolute atomic E-state index is 0.00518. The summed E-state index contributed by atoms with van der Waals surface area (Å²) in [5.74, 6) is -2.72. The van der Waals surface area contributed by atoms with Crippen LogP contribution in [-0.4, -0.2) is 56.5 Å². The zero-order valence-corrected chi connectivity index (χ0v) is 23.8. The number of aromatic amines is 1. The van der Waals surface area contributed by atoms with Crippen molar-refractivity contribution in [3.8, 4) is 22.0 Å². The molecular weight excluding hydrogens is 594 g/mol. The lowest BCUT2D eigenvalue weighted by Crippen LogP contribution is -2.52. The highest BCUT2D eigenvalue weighted by atomic mass is 35.5. The number of halogens is 3. The van der Waals surface area contributed by atoms with Gasteiger partial charge in [0, 0.05) is 12.2 Å². The van der Waals surface area contributed by atoms with Crippen LogP contribution in [0.2, 0.25) is 4.34 Å². The first-order chi connectivity index (χ1) is 20.3. The summed E-state index contributed by atoms with van der Waals surface area (Å²) in [6.07, 6.45) is 4.89. The third-order valence-electron chi connectivity index (χ3n) is 7.68. The largest absolute Gasteiger partial charge is 0.511 e. The Hall–Kier alpha value is -3.91. The van der Waals surface area contributed by atoms with E-state index in [4.69, 9.17) is 25.8 Å². The number of hydrogen-bond acceptors (Lipinski definition) is 11. The van der Waals surface area contributed by atoms with Gasteiger partial charge >= 0.3 is 12.1 Å². The molecule has 0 spiro atoms. The lowest BCUT2D eigenvalue weighted by atomic mass is 9.61. The van der Waals surface area contributed by atoms with Crippen LogP contribution in [0.25, 0.3) is 33.1 Å². The van der Waals surface area contributed by atoms with Gasteiger partial charge in [-0.2, -0.15) is 4.39 Å². The van der Waals surface area contributed by atoms with Crippen LogP contribution in [0.4, 0.5) is 19.4 Å². The fourth-order valence-electron chi connectivity index (χ4n) is 5.85. The highest BCUT2D eigenvalue weighted by Gasteiger charge is 2.48. The molecule has 15 heteroatoms. The first kappa shape index (κ1) is 28.2. The Morgan fingerprint density at radius 2 is 1.88 bits per heavy atom. The number of ether oxygens (including phenoxy) is 3. The third kappa shape index (κ3) is 5.48. The van der Waals surface area contributed by atoms with Crippen molar-refractivity contribution in [1.82, 2.24) is 24.9 Å². The van der Waals surface area contributed by atoms with Crippen molar-refractivity contribution >= 4 is 52.0 Å². The number of thiophene rings is 1. The molecule has 3 saturated carbocycles. The predicted octanol–water partition coefficient (Wildman–Crippen LogP) is 5.97. The quantitative estimate of drug-likeness (QED) is 0.179. The van der Waals surface area contributed by atoms with Gasteiger partial charge in [0.2, 0.25) is 12.7 Å². The van der Waals surface area contributed by atoms with Gasteiger partial charge in [-0.1, -0.05) is 11.6 Å². The Kier molecular flexibility index (Phi) is 7.90. The van der Waals surface area contributed by atoms with Crippen LogP contribution >= 0.6 is 22.9 Å². The Morgan fingerprint density at radius 1 is 1.10 bits per heavy atom. The summed E-state index contributed by atoms with van der Waals surface area (Å²) in [7, 11) is 0. The molecular formula is C27H25ClF2N6O5S. The van der Waals surface area contributed by atoms with Gasteiger partial charge in [-0.15, -0.1) is 11.3 Å². The number of hydrogen-bond donors (Lipinski definition) is 2. The zero-order valence-electron chi connectivity index (χ0n) is 22.2. The van der Waals surface area contributed by atoms with E-state index >= 15 is 4.39 Å². The molecule has 0 radical (unpaired) electrons. The smallest absolute Gasteiger partial charge is 0.435 e. The number of nitrogens with one attached hydrogen (secondary N) is 2. The summed E-state index contributed by atoms with van der Waals surface area (Å²) in [5.41, 5.74) is 0.803. The van der Waals surface area contributed by atoms with Gasteiger partial charge in [0.25, 0.3) is 0 Å². The van der Waals surface area contributed by atoms with Gasteiger partial charge < -0.3 is 24.5 Å². The molecule has 0 aliphatic heterocycles. The van der Waals surface area contributed by atoms with Gasteiger partial charge in [0.15, 0.2) is 23.1 Å². The summed E-state index contributed by atoms with van der Waals surface area (Å²) < 4.78 is 45.4. The van der Waals surface area contributed by atoms with Crippen LogP contribution < -0.4 is 5.32 Å². The van der Waals surface area contributed by atoms with E-state index in [1.165, 1.54) is 6.20 Å². The van der Waals surface area contributed by atoms with E-state index in [1.807, 2.05) is 0 Å². The topological polar surface area (TPSA) is 141 Å². The number of anilines is 1. The van der Waals surface area contributed by atoms with E-state index in [9.17, 15) is 14.0 Å². The fourth-order valence-corrected chi connectivity index (χ4v) is 6.88. The van der Waals surface area contributed by atoms with Crippen molar-refractivity contribution < 1.29 is 32.6 Å². The molecule has 0 amide bonds. The second kappa shape index (κ2) is 11.8. The number of nitrogens with zero attached hydrogens (tertiary/aromatic N) is 4. The molecule has 2 N–H and O–H groups in total. The maximum atomic E-state index is 16.1. The molecule has 0 aromatic carbocycles. The van der Waals surface area contributed by atoms with Crippen molar-refractivity contribution in [3.05, 3.63) is 40.6 Å². The molecule has 2 bridgehead atoms. The summed E-state index contributed by atoms with van der Waals surface area (Å²) in [6, 6.07) is 2.77. The van der Waals surface area contributed by atoms with Crippen LogP contribution in [0, 0.1) is 29.5 Å². The second-order valence-corrected chi connectivity index (χ2v) is 11.7. The molecule has 0 unspecified atom stereocenters. The Morgan fingerprint density at radius 3 is 2.62 bits per heavy atom. The van der Waals surface area contributed by atoms with Crippen molar-refractivity contribution in [2.45, 2.75) is 38.6 Å². The van der Waals surface area contributed by atoms with Crippen molar-refractivity contribution in [1.29, 1.82) is 0 Å². The number of aromatic nitrogens is 5. The fraction of sp³-hybridized carbons (Fsp3) is 0.407. The molecule has 0 saturated heterocycles. The molecule has 4 aromatic heterocycles. The monoisotopic (exact) mass is 618 g/mol. The second-order valence-electron chi connectivity index (χ2n) is 10.0. The van der Waals surface area contributed by atoms with E-state index < -0.39 is 42.6 Å². The van der Waals surface area contributed by atoms with Crippen molar-refractivity contribution in [2.24, 2.45) is 17.8 Å². The summed E-state index contributed by atoms with van der Waals surface area (Å²) in [5, 5.41) is 3.20. The van der Waals surface area contributed by atoms with Crippen LogP contribution in [0.1, 0.15) is 32.6 Å². The number of esters is 1. The zero-order chi connectivity index (χ0) is 29.4. The highest BCUT2D eigenvalue weighted by molar-refractivity contribution is 7.19. The normalized spacial score (nSPS) is 21.3. The molecule has 3 aliphatic carbocycles. The summed E-state index contributed by atoms with van der Waals surface area (Å²) in [4.78, 5) is 45.0. The van der Waals surface area contributed by atoms with Gasteiger partial charge in [0.1, 0.15) is 11.2 Å². The van der Waals surface area contributed by atoms with Gasteiger partial charge in [0.05, 0.1) is 33.5 Å². The van der Waals surface area contributed by atoms with Crippen LogP contribution in [0.3, 0.4) is 0 Å². The third-order valence-corrected chi connectivity index (χ3v) is 8.92. The first-order valence-corrected chi connectivity index (χ1v) is 14.6. The lowest BCUT2D eigenvalue weighted by Gasteiger charge is -2.47. The van der Waals surface area contributed by atoms with Crippen LogP contribution in [-0.2, 0) is 19.0 Å². The van der Waals surface area contributed by atoms with E-state index in [1.54, 1.807) is 19.1 Å². The average molecular weight is 619 g/mol. The maximum absolute atomic E-state index is 16.1. The SMILES string of the molecule is CCOC(=O)OCOC(=O)[C@H]1C2CCC(CC2)[C@@H]1Nc1nc(-c2c[nH]c3ncc(F)nc23)nc(-c2ccc(Cl)s2)c1F. The standard InChI is InChI=1S/C27H25ClF2N6O5S/c1-2-39-27(38)41-11-40-26(37)18-12-3-5-13(6-4-12)20(18)34-24-19(30)22(15-7-8-16(28)42-15)35-23(36-24)14-9-31-25-21(14)33-17(29)10-32-25/h7-10,12-13,18,20H,2-6,11H2,1H3,(H,31,32)(H,34,35,36)/t12?,13?,18-,20-/m0/s1. The molecule has 3 fully saturated rings. The lowest BCUT2D eigenvalue weighted by molar-refractivity contribution is -0.164. The van der Waals surface area contributed by atoms with Crippen molar-refractivity contribution in [3.63, 3.8) is 0 Å². The number of rotatable bonds is 8. The van der Waals surface area contributed by atoms with Crippen molar-refractivity contribution in [2.75, 3.05) is 18.7 Å². The molecule has 11 nitrogen and oxygen atoms in total. The Balaban J connectivity index is 1.36. The van der Waals surface area contributed by atoms with Crippen LogP contribution in [0.15, 0.2) is 24.5 Å². The predicted molar refractivity (Wildman–Crippen MR) is 149 cm³/mol. The molecule has 3 aliphatic rings. The molecule has 220 valence electrons. The van der Waals surface area contributed by atoms with E-state index in [-0.39, 0.29) is 41.3 Å².